The van der Waals surface area contributed by atoms with Crippen molar-refractivity contribution in [1.82, 2.24) is 4.90 Å². The Morgan fingerprint density at radius 1 is 1.38 bits per heavy atom. The van der Waals surface area contributed by atoms with Crippen LogP contribution in [0.1, 0.15) is 30.5 Å². The van der Waals surface area contributed by atoms with Gasteiger partial charge in [0.25, 0.3) is 5.91 Å². The molecule has 0 spiro atoms. The van der Waals surface area contributed by atoms with Crippen LogP contribution in [0.4, 0.5) is 0 Å². The molecule has 1 aliphatic heterocycles. The Morgan fingerprint density at radius 2 is 2.10 bits per heavy atom. The van der Waals surface area contributed by atoms with Gasteiger partial charge < -0.3 is 5.11 Å². The molecule has 1 heterocycles. The normalized spacial score (nSPS) is 25.1. The average molecular weight is 285 g/mol. The number of nitrogens with zero attached hydrogens (tertiary/aromatic N) is 1. The van der Waals surface area contributed by atoms with E-state index in [9.17, 15) is 14.4 Å². The lowest BCUT2D eigenvalue weighted by atomic mass is 9.95. The summed E-state index contributed by atoms with van der Waals surface area (Å²) < 4.78 is 0. The number of imide groups is 1. The van der Waals surface area contributed by atoms with Crippen molar-refractivity contribution in [3.8, 4) is 0 Å². The first-order chi connectivity index (χ1) is 10.0. The van der Waals surface area contributed by atoms with Crippen molar-refractivity contribution in [2.24, 2.45) is 5.92 Å². The molecule has 2 amide bonds. The maximum absolute atomic E-state index is 12.4. The molecular formula is C16H15NO4. The lowest BCUT2D eigenvalue weighted by Crippen LogP contribution is -2.32. The van der Waals surface area contributed by atoms with E-state index in [0.29, 0.717) is 12.0 Å². The zero-order valence-electron chi connectivity index (χ0n) is 11.6. The summed E-state index contributed by atoms with van der Waals surface area (Å²) in [4.78, 5) is 36.3. The summed E-state index contributed by atoms with van der Waals surface area (Å²) in [5, 5.41) is 8.81. The van der Waals surface area contributed by atoms with Gasteiger partial charge in [-0.15, -0.1) is 0 Å². The first-order valence-corrected chi connectivity index (χ1v) is 6.84. The molecule has 2 atom stereocenters. The number of amides is 2. The molecule has 0 saturated carbocycles. The number of rotatable bonds is 2. The van der Waals surface area contributed by atoms with Crippen LogP contribution in [0.2, 0.25) is 0 Å². The third-order valence-corrected chi connectivity index (χ3v) is 4.17. The standard InChI is InChI=1S/C16H15NO4/c1-9(18)17-15-11-5-3-2-4-10(11)8-13(15)12(16(17)21)6-7-14(19)20/h2-6,13,15H,7-8H2,1H3,(H,19,20). The van der Waals surface area contributed by atoms with E-state index in [1.54, 1.807) is 0 Å². The Bertz CT molecular complexity index is 677. The van der Waals surface area contributed by atoms with Crippen molar-refractivity contribution in [2.75, 3.05) is 0 Å². The summed E-state index contributed by atoms with van der Waals surface area (Å²) >= 11 is 0. The third-order valence-electron chi connectivity index (χ3n) is 4.17. The molecule has 1 fully saturated rings. The molecule has 1 aromatic carbocycles. The van der Waals surface area contributed by atoms with Crippen molar-refractivity contribution in [3.05, 3.63) is 47.0 Å². The van der Waals surface area contributed by atoms with E-state index in [1.807, 2.05) is 24.3 Å². The Labute approximate surface area is 121 Å². The summed E-state index contributed by atoms with van der Waals surface area (Å²) in [6.07, 6.45) is 1.92. The first kappa shape index (κ1) is 13.5. The summed E-state index contributed by atoms with van der Waals surface area (Å²) in [5.41, 5.74) is 2.56. The molecular weight excluding hydrogens is 270 g/mol. The Morgan fingerprint density at radius 3 is 2.76 bits per heavy atom. The van der Waals surface area contributed by atoms with Crippen LogP contribution in [0.15, 0.2) is 35.9 Å². The summed E-state index contributed by atoms with van der Waals surface area (Å²) in [6.45, 7) is 1.37. The van der Waals surface area contributed by atoms with Crippen molar-refractivity contribution in [1.29, 1.82) is 0 Å². The molecule has 1 N–H and O–H groups in total. The molecule has 0 aromatic heterocycles. The van der Waals surface area contributed by atoms with Gasteiger partial charge in [-0.2, -0.15) is 0 Å². The van der Waals surface area contributed by atoms with Crippen LogP contribution >= 0.6 is 0 Å². The van der Waals surface area contributed by atoms with E-state index < -0.39 is 5.97 Å². The third kappa shape index (κ3) is 2.05. The minimum atomic E-state index is -0.983. The van der Waals surface area contributed by atoms with E-state index in [-0.39, 0.29) is 30.2 Å². The van der Waals surface area contributed by atoms with Gasteiger partial charge in [-0.1, -0.05) is 30.3 Å². The molecule has 21 heavy (non-hydrogen) atoms. The highest BCUT2D eigenvalue weighted by molar-refractivity contribution is 6.07. The zero-order chi connectivity index (χ0) is 15.1. The molecule has 2 unspecified atom stereocenters. The largest absolute Gasteiger partial charge is 0.481 e. The number of hydrogen-bond donors (Lipinski definition) is 1. The molecule has 1 saturated heterocycles. The van der Waals surface area contributed by atoms with Gasteiger partial charge in [0, 0.05) is 18.4 Å². The fourth-order valence-corrected chi connectivity index (χ4v) is 3.37. The smallest absolute Gasteiger partial charge is 0.307 e. The van der Waals surface area contributed by atoms with E-state index in [4.69, 9.17) is 5.11 Å². The second-order valence-electron chi connectivity index (χ2n) is 5.41. The Kier molecular flexibility index (Phi) is 3.12. The minimum absolute atomic E-state index is 0.127. The van der Waals surface area contributed by atoms with Crippen LogP contribution in [-0.2, 0) is 20.8 Å². The first-order valence-electron chi connectivity index (χ1n) is 6.84. The predicted molar refractivity (Wildman–Crippen MR) is 74.2 cm³/mol. The number of carboxylic acids is 1. The van der Waals surface area contributed by atoms with Crippen LogP contribution in [0.25, 0.3) is 0 Å². The highest BCUT2D eigenvalue weighted by atomic mass is 16.4. The maximum Gasteiger partial charge on any atom is 0.307 e. The number of hydrogen-bond acceptors (Lipinski definition) is 3. The number of benzene rings is 1. The predicted octanol–water partition coefficient (Wildman–Crippen LogP) is 1.69. The van der Waals surface area contributed by atoms with Crippen LogP contribution < -0.4 is 0 Å². The summed E-state index contributed by atoms with van der Waals surface area (Å²) in [6, 6.07) is 7.46. The van der Waals surface area contributed by atoms with Gasteiger partial charge in [-0.25, -0.2) is 0 Å². The van der Waals surface area contributed by atoms with Gasteiger partial charge in [-0.05, 0) is 17.5 Å². The summed E-state index contributed by atoms with van der Waals surface area (Å²) in [5.74, 6) is -1.76. The second-order valence-corrected chi connectivity index (χ2v) is 5.41. The lowest BCUT2D eigenvalue weighted by Gasteiger charge is -2.21. The molecule has 1 aliphatic carbocycles. The van der Waals surface area contributed by atoms with E-state index in [0.717, 1.165) is 11.1 Å². The number of aliphatic carboxylic acids is 1. The fourth-order valence-electron chi connectivity index (χ4n) is 3.37. The Hall–Kier alpha value is -2.43. The van der Waals surface area contributed by atoms with E-state index in [2.05, 4.69) is 0 Å². The maximum atomic E-state index is 12.4. The topological polar surface area (TPSA) is 74.7 Å². The van der Waals surface area contributed by atoms with Gasteiger partial charge >= 0.3 is 5.97 Å². The molecule has 5 nitrogen and oxygen atoms in total. The van der Waals surface area contributed by atoms with Crippen molar-refractivity contribution in [3.63, 3.8) is 0 Å². The van der Waals surface area contributed by atoms with Gasteiger partial charge in [0.2, 0.25) is 5.91 Å². The lowest BCUT2D eigenvalue weighted by molar-refractivity contribution is -0.141. The molecule has 108 valence electrons. The SMILES string of the molecule is CC(=O)N1C(=O)C(=CCC(=O)O)C2Cc3ccccc3C21. The number of carboxylic acid groups (broad SMARTS) is 1. The van der Waals surface area contributed by atoms with Gasteiger partial charge in [-0.3, -0.25) is 19.3 Å². The zero-order valence-corrected chi connectivity index (χ0v) is 11.6. The monoisotopic (exact) mass is 285 g/mol. The van der Waals surface area contributed by atoms with Crippen molar-refractivity contribution >= 4 is 17.8 Å². The molecule has 1 aromatic rings. The number of likely N-dealkylation sites (tertiary alicyclic amines) is 1. The molecule has 5 heteroatoms. The highest BCUT2D eigenvalue weighted by Gasteiger charge is 2.50. The fraction of sp³-hybridized carbons (Fsp3) is 0.312. The van der Waals surface area contributed by atoms with Crippen molar-refractivity contribution < 1.29 is 19.5 Å². The van der Waals surface area contributed by atoms with Crippen LogP contribution in [-0.4, -0.2) is 27.8 Å². The molecule has 3 rings (SSSR count). The number of carbonyl (C=O) groups excluding carboxylic acids is 2. The van der Waals surface area contributed by atoms with E-state index >= 15 is 0 Å². The quantitative estimate of drug-likeness (QED) is 0.839. The van der Waals surface area contributed by atoms with Crippen LogP contribution in [0, 0.1) is 5.92 Å². The van der Waals surface area contributed by atoms with Crippen LogP contribution in [0.5, 0.6) is 0 Å². The van der Waals surface area contributed by atoms with Crippen LogP contribution in [0.3, 0.4) is 0 Å². The van der Waals surface area contributed by atoms with E-state index in [1.165, 1.54) is 17.9 Å². The molecule has 0 bridgehead atoms. The average Bonchev–Trinajstić information content (AvgIpc) is 2.90. The van der Waals surface area contributed by atoms with Gasteiger partial charge in [0.15, 0.2) is 0 Å². The minimum Gasteiger partial charge on any atom is -0.481 e. The Balaban J connectivity index is 2.06. The number of carbonyl (C=O) groups is 3. The van der Waals surface area contributed by atoms with Gasteiger partial charge in [0.1, 0.15) is 0 Å². The summed E-state index contributed by atoms with van der Waals surface area (Å²) in [7, 11) is 0. The molecule has 2 aliphatic rings. The van der Waals surface area contributed by atoms with Crippen molar-refractivity contribution in [2.45, 2.75) is 25.8 Å². The highest BCUT2D eigenvalue weighted by Crippen LogP contribution is 2.49. The number of fused-ring (bicyclic) bond motifs is 3. The molecule has 0 radical (unpaired) electrons. The van der Waals surface area contributed by atoms with Gasteiger partial charge in [0.05, 0.1) is 12.5 Å². The second kappa shape index (κ2) is 4.84.